The molecule has 0 bridgehead atoms. The first kappa shape index (κ1) is 13.0. The fraction of sp³-hybridized carbons (Fsp3) is 1.00. The van der Waals surface area contributed by atoms with E-state index in [-0.39, 0.29) is 0 Å². The fourth-order valence-corrected chi connectivity index (χ4v) is 1.79. The van der Waals surface area contributed by atoms with Crippen LogP contribution in [-0.2, 0) is 4.74 Å². The lowest BCUT2D eigenvalue weighted by Crippen LogP contribution is -2.06. The lowest BCUT2D eigenvalue weighted by atomic mass is 9.93. The number of hydrogen-bond donors (Lipinski definition) is 0. The monoisotopic (exact) mass is 186 g/mol. The van der Waals surface area contributed by atoms with Crippen molar-refractivity contribution < 1.29 is 4.74 Å². The summed E-state index contributed by atoms with van der Waals surface area (Å²) in [6, 6.07) is 0. The minimum atomic E-state index is 0.436. The maximum absolute atomic E-state index is 5.21. The van der Waals surface area contributed by atoms with Crippen LogP contribution in [0, 0.1) is 11.8 Å². The minimum absolute atomic E-state index is 0.436. The molecular weight excluding hydrogens is 160 g/mol. The topological polar surface area (TPSA) is 9.23 Å². The summed E-state index contributed by atoms with van der Waals surface area (Å²) >= 11 is 0. The second-order valence-electron chi connectivity index (χ2n) is 4.71. The van der Waals surface area contributed by atoms with Gasteiger partial charge >= 0.3 is 0 Å². The van der Waals surface area contributed by atoms with E-state index in [1.807, 2.05) is 0 Å². The van der Waals surface area contributed by atoms with Gasteiger partial charge in [-0.15, -0.1) is 0 Å². The molecule has 0 fully saturated rings. The van der Waals surface area contributed by atoms with E-state index in [1.165, 1.54) is 25.7 Å². The Balaban J connectivity index is 3.31. The van der Waals surface area contributed by atoms with Gasteiger partial charge in [0, 0.05) is 7.11 Å². The van der Waals surface area contributed by atoms with E-state index in [4.69, 9.17) is 4.74 Å². The summed E-state index contributed by atoms with van der Waals surface area (Å²) in [5, 5.41) is 0. The molecule has 1 heteroatoms. The quantitative estimate of drug-likeness (QED) is 0.586. The largest absolute Gasteiger partial charge is 0.382 e. The molecule has 0 aliphatic heterocycles. The standard InChI is InChI=1S/C12H26O/c1-10(2)9-11(3)7-6-8-12(4)13-5/h10-12H,6-9H2,1-5H3. The predicted octanol–water partition coefficient (Wildman–Crippen LogP) is 3.87. The molecule has 0 N–H and O–H groups in total. The van der Waals surface area contributed by atoms with Crippen molar-refractivity contribution in [2.45, 2.75) is 59.5 Å². The van der Waals surface area contributed by atoms with Gasteiger partial charge in [-0.05, 0) is 31.6 Å². The number of methoxy groups -OCH3 is 1. The number of ether oxygens (including phenoxy) is 1. The third kappa shape index (κ3) is 8.29. The molecule has 0 aromatic rings. The van der Waals surface area contributed by atoms with Gasteiger partial charge in [-0.1, -0.05) is 33.6 Å². The molecule has 0 amide bonds. The Morgan fingerprint density at radius 3 is 2.08 bits per heavy atom. The first-order chi connectivity index (χ1) is 6.06. The molecule has 1 nitrogen and oxygen atoms in total. The molecule has 0 rings (SSSR count). The highest BCUT2D eigenvalue weighted by molar-refractivity contribution is 4.58. The van der Waals surface area contributed by atoms with Crippen molar-refractivity contribution in [1.82, 2.24) is 0 Å². The van der Waals surface area contributed by atoms with E-state index in [0.717, 1.165) is 11.8 Å². The average molecular weight is 186 g/mol. The van der Waals surface area contributed by atoms with E-state index >= 15 is 0 Å². The third-order valence-corrected chi connectivity index (χ3v) is 2.58. The van der Waals surface area contributed by atoms with Crippen LogP contribution < -0.4 is 0 Å². The van der Waals surface area contributed by atoms with Crippen molar-refractivity contribution in [3.05, 3.63) is 0 Å². The van der Waals surface area contributed by atoms with Gasteiger partial charge in [0.2, 0.25) is 0 Å². The highest BCUT2D eigenvalue weighted by atomic mass is 16.5. The first-order valence-electron chi connectivity index (χ1n) is 5.59. The first-order valence-corrected chi connectivity index (χ1v) is 5.59. The number of hydrogen-bond acceptors (Lipinski definition) is 1. The van der Waals surface area contributed by atoms with E-state index in [2.05, 4.69) is 27.7 Å². The van der Waals surface area contributed by atoms with Gasteiger partial charge in [-0.3, -0.25) is 0 Å². The fourth-order valence-electron chi connectivity index (χ4n) is 1.79. The Kier molecular flexibility index (Phi) is 7.35. The van der Waals surface area contributed by atoms with Gasteiger partial charge in [-0.25, -0.2) is 0 Å². The molecule has 2 atom stereocenters. The summed E-state index contributed by atoms with van der Waals surface area (Å²) in [6.07, 6.45) is 5.67. The van der Waals surface area contributed by atoms with Gasteiger partial charge in [-0.2, -0.15) is 0 Å². The lowest BCUT2D eigenvalue weighted by molar-refractivity contribution is 0.107. The third-order valence-electron chi connectivity index (χ3n) is 2.58. The maximum Gasteiger partial charge on any atom is 0.0543 e. The van der Waals surface area contributed by atoms with Crippen LogP contribution in [0.2, 0.25) is 0 Å². The second kappa shape index (κ2) is 7.37. The lowest BCUT2D eigenvalue weighted by Gasteiger charge is -2.15. The highest BCUT2D eigenvalue weighted by Crippen LogP contribution is 2.17. The molecule has 0 radical (unpaired) electrons. The highest BCUT2D eigenvalue weighted by Gasteiger charge is 2.06. The van der Waals surface area contributed by atoms with Gasteiger partial charge < -0.3 is 4.74 Å². The molecule has 13 heavy (non-hydrogen) atoms. The van der Waals surface area contributed by atoms with E-state index < -0.39 is 0 Å². The Bertz CT molecular complexity index is 110. The zero-order valence-electron chi connectivity index (χ0n) is 9.97. The summed E-state index contributed by atoms with van der Waals surface area (Å²) in [5.74, 6) is 1.72. The van der Waals surface area contributed by atoms with Crippen LogP contribution in [-0.4, -0.2) is 13.2 Å². The zero-order chi connectivity index (χ0) is 10.3. The normalized spacial score (nSPS) is 16.2. The average Bonchev–Trinajstić information content (AvgIpc) is 2.02. The van der Waals surface area contributed by atoms with Crippen molar-refractivity contribution in [2.75, 3.05) is 7.11 Å². The van der Waals surface area contributed by atoms with Crippen molar-refractivity contribution in [3.8, 4) is 0 Å². The van der Waals surface area contributed by atoms with Crippen LogP contribution in [0.5, 0.6) is 0 Å². The number of rotatable bonds is 7. The minimum Gasteiger partial charge on any atom is -0.382 e. The molecule has 0 aromatic heterocycles. The Hall–Kier alpha value is -0.0400. The van der Waals surface area contributed by atoms with Crippen molar-refractivity contribution in [3.63, 3.8) is 0 Å². The molecule has 0 saturated carbocycles. The molecule has 2 unspecified atom stereocenters. The molecular formula is C12H26O. The Morgan fingerprint density at radius 2 is 1.62 bits per heavy atom. The molecule has 0 aromatic carbocycles. The summed E-state index contributed by atoms with van der Waals surface area (Å²) in [5.41, 5.74) is 0. The van der Waals surface area contributed by atoms with E-state index in [0.29, 0.717) is 6.10 Å². The van der Waals surface area contributed by atoms with Crippen LogP contribution in [0.3, 0.4) is 0 Å². The molecule has 0 saturated heterocycles. The summed E-state index contributed by atoms with van der Waals surface area (Å²) in [7, 11) is 1.79. The van der Waals surface area contributed by atoms with Gasteiger partial charge in [0.05, 0.1) is 6.10 Å². The molecule has 0 aliphatic rings. The van der Waals surface area contributed by atoms with Crippen LogP contribution in [0.4, 0.5) is 0 Å². The summed E-state index contributed by atoms with van der Waals surface area (Å²) in [6.45, 7) is 9.10. The molecule has 0 spiro atoms. The Morgan fingerprint density at radius 1 is 1.00 bits per heavy atom. The van der Waals surface area contributed by atoms with Crippen LogP contribution in [0.1, 0.15) is 53.4 Å². The van der Waals surface area contributed by atoms with Crippen molar-refractivity contribution in [2.24, 2.45) is 11.8 Å². The zero-order valence-corrected chi connectivity index (χ0v) is 9.97. The molecule has 0 heterocycles. The second-order valence-corrected chi connectivity index (χ2v) is 4.71. The van der Waals surface area contributed by atoms with Crippen LogP contribution >= 0.6 is 0 Å². The molecule has 0 aliphatic carbocycles. The van der Waals surface area contributed by atoms with Gasteiger partial charge in [0.1, 0.15) is 0 Å². The van der Waals surface area contributed by atoms with E-state index in [9.17, 15) is 0 Å². The van der Waals surface area contributed by atoms with Crippen LogP contribution in [0.15, 0.2) is 0 Å². The predicted molar refractivity (Wildman–Crippen MR) is 58.9 cm³/mol. The van der Waals surface area contributed by atoms with Gasteiger partial charge in [0.15, 0.2) is 0 Å². The van der Waals surface area contributed by atoms with Crippen molar-refractivity contribution in [1.29, 1.82) is 0 Å². The van der Waals surface area contributed by atoms with Crippen LogP contribution in [0.25, 0.3) is 0 Å². The Labute approximate surface area is 83.9 Å². The SMILES string of the molecule is COC(C)CCCC(C)CC(C)C. The smallest absolute Gasteiger partial charge is 0.0543 e. The van der Waals surface area contributed by atoms with Gasteiger partial charge in [0.25, 0.3) is 0 Å². The molecule has 80 valence electrons. The van der Waals surface area contributed by atoms with E-state index in [1.54, 1.807) is 7.11 Å². The summed E-state index contributed by atoms with van der Waals surface area (Å²) in [4.78, 5) is 0. The maximum atomic E-state index is 5.21. The summed E-state index contributed by atoms with van der Waals surface area (Å²) < 4.78 is 5.21. The van der Waals surface area contributed by atoms with Crippen molar-refractivity contribution >= 4 is 0 Å².